The summed E-state index contributed by atoms with van der Waals surface area (Å²) in [5, 5.41) is 22.9. The molecule has 1 saturated heterocycles. The highest BCUT2D eigenvalue weighted by Crippen LogP contribution is 2.25. The Kier molecular flexibility index (Phi) is 6.80. The summed E-state index contributed by atoms with van der Waals surface area (Å²) >= 11 is 0. The van der Waals surface area contributed by atoms with Crippen LogP contribution in [-0.4, -0.2) is 56.2 Å². The quantitative estimate of drug-likeness (QED) is 0.554. The summed E-state index contributed by atoms with van der Waals surface area (Å²) < 4.78 is 59.6. The molecule has 12 heteroatoms. The Balaban J connectivity index is 0.000000345. The number of benzene rings is 1. The van der Waals surface area contributed by atoms with Crippen LogP contribution in [0, 0.1) is 5.21 Å². The Bertz CT molecular complexity index is 942. The first kappa shape index (κ1) is 21.9. The van der Waals surface area contributed by atoms with Gasteiger partial charge in [-0.1, -0.05) is 6.07 Å². The van der Waals surface area contributed by atoms with Crippen molar-refractivity contribution in [1.29, 1.82) is 0 Å². The van der Waals surface area contributed by atoms with Crippen LogP contribution in [0.1, 0.15) is 6.42 Å². The van der Waals surface area contributed by atoms with E-state index in [1.54, 1.807) is 24.3 Å². The normalized spacial score (nSPS) is 16.1. The van der Waals surface area contributed by atoms with Gasteiger partial charge < -0.3 is 15.6 Å². The number of alkyl halides is 3. The molecule has 0 atom stereocenters. The van der Waals surface area contributed by atoms with Crippen molar-refractivity contribution in [1.82, 2.24) is 9.62 Å². The molecule has 8 nitrogen and oxygen atoms in total. The van der Waals surface area contributed by atoms with E-state index < -0.39 is 22.2 Å². The molecule has 2 aromatic rings. The Morgan fingerprint density at radius 2 is 1.89 bits per heavy atom. The van der Waals surface area contributed by atoms with Crippen LogP contribution in [0.25, 0.3) is 10.8 Å². The first-order valence-electron chi connectivity index (χ1n) is 8.16. The molecule has 0 saturated carbocycles. The molecule has 0 unspecified atom stereocenters. The van der Waals surface area contributed by atoms with Crippen molar-refractivity contribution in [3.63, 3.8) is 0 Å². The fraction of sp³-hybridized carbons (Fsp3) is 0.375. The van der Waals surface area contributed by atoms with Crippen molar-refractivity contribution in [2.24, 2.45) is 0 Å². The number of carbonyl (C=O) groups is 1. The van der Waals surface area contributed by atoms with Crippen LogP contribution in [0.5, 0.6) is 0 Å². The lowest BCUT2D eigenvalue weighted by Crippen LogP contribution is -2.34. The number of pyridine rings is 1. The summed E-state index contributed by atoms with van der Waals surface area (Å²) in [4.78, 5) is 9.16. The molecule has 0 aliphatic carbocycles. The SMILES string of the molecule is O=C(O)C(F)(F)F.O=S(=O)(c1cccc2c[n+]([O-])ccc12)N1CCCNCC1. The van der Waals surface area contributed by atoms with Crippen LogP contribution in [0.15, 0.2) is 41.6 Å². The van der Waals surface area contributed by atoms with E-state index in [2.05, 4.69) is 5.32 Å². The van der Waals surface area contributed by atoms with Crippen LogP contribution in [0.4, 0.5) is 13.2 Å². The van der Waals surface area contributed by atoms with E-state index in [0.717, 1.165) is 13.0 Å². The summed E-state index contributed by atoms with van der Waals surface area (Å²) in [6.45, 7) is 2.47. The molecule has 0 amide bonds. The number of nitrogens with zero attached hydrogens (tertiary/aromatic N) is 2. The standard InChI is InChI=1S/C14H17N3O3S.C2HF3O2/c18-16-9-5-13-12(11-16)3-1-4-14(13)21(19,20)17-8-2-6-15-7-10-17;3-2(4,5)1(6)7/h1,3-5,9,11,15H,2,6-8,10H2;(H,6,7). The highest BCUT2D eigenvalue weighted by Gasteiger charge is 2.38. The van der Waals surface area contributed by atoms with Gasteiger partial charge in [0.05, 0.1) is 4.90 Å². The summed E-state index contributed by atoms with van der Waals surface area (Å²) in [6, 6.07) is 6.58. The van der Waals surface area contributed by atoms with Crippen molar-refractivity contribution in [2.75, 3.05) is 26.2 Å². The fourth-order valence-electron chi connectivity index (χ4n) is 2.61. The van der Waals surface area contributed by atoms with Crippen molar-refractivity contribution in [3.8, 4) is 0 Å². The minimum atomic E-state index is -5.08. The molecule has 1 aromatic heterocycles. The number of halogens is 3. The minimum Gasteiger partial charge on any atom is -0.619 e. The average molecular weight is 421 g/mol. The van der Waals surface area contributed by atoms with Crippen LogP contribution in [0.2, 0.25) is 0 Å². The fourth-order valence-corrected chi connectivity index (χ4v) is 4.30. The number of rotatable bonds is 2. The predicted molar refractivity (Wildman–Crippen MR) is 92.8 cm³/mol. The molecule has 1 aliphatic rings. The van der Waals surface area contributed by atoms with Gasteiger partial charge in [-0.05, 0) is 25.1 Å². The largest absolute Gasteiger partial charge is 0.619 e. The van der Waals surface area contributed by atoms with Gasteiger partial charge in [-0.15, -0.1) is 0 Å². The number of nitrogens with one attached hydrogen (secondary N) is 1. The van der Waals surface area contributed by atoms with Crippen LogP contribution >= 0.6 is 0 Å². The number of aromatic nitrogens is 1. The number of fused-ring (bicyclic) bond motifs is 1. The maximum absolute atomic E-state index is 12.9. The molecule has 1 aromatic carbocycles. The van der Waals surface area contributed by atoms with E-state index in [1.165, 1.54) is 16.7 Å². The smallest absolute Gasteiger partial charge is 0.490 e. The molecule has 28 heavy (non-hydrogen) atoms. The average Bonchev–Trinajstić information content (AvgIpc) is 2.90. The summed E-state index contributed by atoms with van der Waals surface area (Å²) in [6.07, 6.45) is -1.58. The zero-order chi connectivity index (χ0) is 20.9. The zero-order valence-corrected chi connectivity index (χ0v) is 15.3. The van der Waals surface area contributed by atoms with Gasteiger partial charge in [0.15, 0.2) is 12.4 Å². The zero-order valence-electron chi connectivity index (χ0n) is 14.5. The van der Waals surface area contributed by atoms with Gasteiger partial charge in [0.2, 0.25) is 10.0 Å². The van der Waals surface area contributed by atoms with Gasteiger partial charge in [0.25, 0.3) is 0 Å². The van der Waals surface area contributed by atoms with Crippen LogP contribution in [0.3, 0.4) is 0 Å². The van der Waals surface area contributed by atoms with Gasteiger partial charge in [-0.2, -0.15) is 22.2 Å². The van der Waals surface area contributed by atoms with Gasteiger partial charge >= 0.3 is 12.1 Å². The Hall–Kier alpha value is -2.44. The molecule has 1 fully saturated rings. The van der Waals surface area contributed by atoms with E-state index in [0.29, 0.717) is 35.1 Å². The van der Waals surface area contributed by atoms with E-state index >= 15 is 0 Å². The molecular weight excluding hydrogens is 403 g/mol. The molecule has 3 rings (SSSR count). The Labute approximate surface area is 158 Å². The molecule has 0 bridgehead atoms. The van der Waals surface area contributed by atoms with Gasteiger partial charge in [0.1, 0.15) is 0 Å². The number of aliphatic carboxylic acids is 1. The summed E-state index contributed by atoms with van der Waals surface area (Å²) in [5.41, 5.74) is 0. The minimum absolute atomic E-state index is 0.266. The van der Waals surface area contributed by atoms with E-state index in [9.17, 15) is 26.8 Å². The monoisotopic (exact) mass is 421 g/mol. The van der Waals surface area contributed by atoms with Crippen molar-refractivity contribution >= 4 is 26.8 Å². The Morgan fingerprint density at radius 3 is 2.54 bits per heavy atom. The van der Waals surface area contributed by atoms with Gasteiger partial charge in [-0.25, -0.2) is 13.2 Å². The predicted octanol–water partition coefficient (Wildman–Crippen LogP) is 1.09. The van der Waals surface area contributed by atoms with Crippen LogP contribution in [-0.2, 0) is 14.8 Å². The molecule has 154 valence electrons. The topological polar surface area (TPSA) is 114 Å². The molecule has 2 N–H and O–H groups in total. The van der Waals surface area contributed by atoms with Gasteiger partial charge in [0, 0.05) is 36.5 Å². The third kappa shape index (κ3) is 5.30. The summed E-state index contributed by atoms with van der Waals surface area (Å²) in [5.74, 6) is -2.76. The molecule has 2 heterocycles. The van der Waals surface area contributed by atoms with Gasteiger partial charge in [-0.3, -0.25) is 0 Å². The lowest BCUT2D eigenvalue weighted by Gasteiger charge is -2.20. The van der Waals surface area contributed by atoms with Crippen molar-refractivity contribution in [2.45, 2.75) is 17.5 Å². The second-order valence-corrected chi connectivity index (χ2v) is 7.78. The number of hydrogen-bond acceptors (Lipinski definition) is 5. The molecule has 0 spiro atoms. The third-order valence-electron chi connectivity index (χ3n) is 3.91. The lowest BCUT2D eigenvalue weighted by molar-refractivity contribution is -0.603. The third-order valence-corrected chi connectivity index (χ3v) is 5.87. The number of carboxylic acid groups (broad SMARTS) is 1. The Morgan fingerprint density at radius 1 is 1.21 bits per heavy atom. The van der Waals surface area contributed by atoms with E-state index in [1.807, 2.05) is 0 Å². The highest BCUT2D eigenvalue weighted by atomic mass is 32.2. The second-order valence-electron chi connectivity index (χ2n) is 5.87. The highest BCUT2D eigenvalue weighted by molar-refractivity contribution is 7.89. The van der Waals surface area contributed by atoms with Crippen molar-refractivity contribution < 1.29 is 36.2 Å². The number of sulfonamides is 1. The van der Waals surface area contributed by atoms with E-state index in [-0.39, 0.29) is 4.90 Å². The van der Waals surface area contributed by atoms with E-state index in [4.69, 9.17) is 9.90 Å². The lowest BCUT2D eigenvalue weighted by atomic mass is 10.2. The number of hydrogen-bond donors (Lipinski definition) is 2. The molecule has 0 radical (unpaired) electrons. The maximum Gasteiger partial charge on any atom is 0.490 e. The number of carboxylic acids is 1. The first-order chi connectivity index (χ1) is 13.0. The summed E-state index contributed by atoms with van der Waals surface area (Å²) in [7, 11) is -3.54. The maximum atomic E-state index is 12.9. The molecule has 1 aliphatic heterocycles. The first-order valence-corrected chi connectivity index (χ1v) is 9.60. The molecular formula is C16H18F3N3O5S. The second kappa shape index (κ2) is 8.71. The van der Waals surface area contributed by atoms with Crippen LogP contribution < -0.4 is 10.0 Å². The van der Waals surface area contributed by atoms with Crippen molar-refractivity contribution in [3.05, 3.63) is 41.9 Å².